The molecule has 1 N–H and O–H groups in total. The first-order chi connectivity index (χ1) is 8.03. The number of nitrogens with zero attached hydrogens (tertiary/aromatic N) is 2. The Balaban J connectivity index is 2.68. The largest absolute Gasteiger partial charge is 0.371 e. The van der Waals surface area contributed by atoms with Crippen molar-refractivity contribution in [2.24, 2.45) is 0 Å². The molecule has 0 aliphatic carbocycles. The first kappa shape index (κ1) is 14.1. The Kier molecular flexibility index (Phi) is 5.08. The van der Waals surface area contributed by atoms with E-state index in [9.17, 15) is 0 Å². The van der Waals surface area contributed by atoms with Crippen LogP contribution in [0.2, 0.25) is 0 Å². The van der Waals surface area contributed by atoms with Gasteiger partial charge in [0.15, 0.2) is 0 Å². The van der Waals surface area contributed by atoms with E-state index in [1.165, 1.54) is 0 Å². The molecule has 1 heterocycles. The molecule has 0 fully saturated rings. The highest BCUT2D eigenvalue weighted by Crippen LogP contribution is 2.20. The Labute approximate surface area is 103 Å². The molecular weight excluding hydrogens is 218 g/mol. The maximum Gasteiger partial charge on any atom is 0.228 e. The van der Waals surface area contributed by atoms with Crippen LogP contribution in [0.1, 0.15) is 45.3 Å². The second-order valence-corrected chi connectivity index (χ2v) is 4.70. The zero-order valence-corrected chi connectivity index (χ0v) is 11.4. The van der Waals surface area contributed by atoms with Gasteiger partial charge in [-0.05, 0) is 27.3 Å². The molecule has 0 aliphatic heterocycles. The molecule has 5 heteroatoms. The van der Waals surface area contributed by atoms with E-state index in [-0.39, 0.29) is 0 Å². The van der Waals surface area contributed by atoms with Crippen LogP contribution in [0.25, 0.3) is 0 Å². The second-order valence-electron chi connectivity index (χ2n) is 4.70. The topological polar surface area (TPSA) is 60.2 Å². The van der Waals surface area contributed by atoms with Crippen molar-refractivity contribution in [3.63, 3.8) is 0 Å². The Morgan fingerprint density at radius 2 is 2.18 bits per heavy atom. The van der Waals surface area contributed by atoms with Crippen LogP contribution in [0, 0.1) is 0 Å². The molecule has 1 unspecified atom stereocenters. The minimum Gasteiger partial charge on any atom is -0.371 e. The summed E-state index contributed by atoms with van der Waals surface area (Å²) >= 11 is 0. The monoisotopic (exact) mass is 241 g/mol. The molecule has 0 saturated heterocycles. The van der Waals surface area contributed by atoms with Crippen LogP contribution in [0.5, 0.6) is 0 Å². The fraction of sp³-hybridized carbons (Fsp3) is 0.833. The lowest BCUT2D eigenvalue weighted by molar-refractivity contribution is 0.00973. The predicted molar refractivity (Wildman–Crippen MR) is 65.8 cm³/mol. The fourth-order valence-electron chi connectivity index (χ4n) is 1.58. The lowest BCUT2D eigenvalue weighted by Crippen LogP contribution is -2.27. The van der Waals surface area contributed by atoms with Gasteiger partial charge in [-0.3, -0.25) is 0 Å². The van der Waals surface area contributed by atoms with Crippen LogP contribution in [0.4, 0.5) is 0 Å². The zero-order chi connectivity index (χ0) is 12.9. The average molecular weight is 241 g/mol. The molecule has 1 atom stereocenters. The normalized spacial score (nSPS) is 13.9. The molecule has 98 valence electrons. The van der Waals surface area contributed by atoms with Crippen molar-refractivity contribution in [2.75, 3.05) is 14.2 Å². The van der Waals surface area contributed by atoms with E-state index in [4.69, 9.17) is 9.26 Å². The van der Waals surface area contributed by atoms with Crippen molar-refractivity contribution >= 4 is 0 Å². The van der Waals surface area contributed by atoms with Gasteiger partial charge in [0, 0.05) is 19.6 Å². The summed E-state index contributed by atoms with van der Waals surface area (Å²) in [6.07, 6.45) is 3.00. The van der Waals surface area contributed by atoms with Gasteiger partial charge >= 0.3 is 0 Å². The smallest absolute Gasteiger partial charge is 0.228 e. The first-order valence-electron chi connectivity index (χ1n) is 6.09. The number of hydrogen-bond donors (Lipinski definition) is 1. The summed E-state index contributed by atoms with van der Waals surface area (Å²) in [6, 6.07) is 0.388. The summed E-state index contributed by atoms with van der Waals surface area (Å²) in [5, 5.41) is 7.22. The summed E-state index contributed by atoms with van der Waals surface area (Å²) in [5.74, 6) is 1.26. The minimum absolute atomic E-state index is 0.388. The van der Waals surface area contributed by atoms with Crippen molar-refractivity contribution in [1.82, 2.24) is 15.5 Å². The summed E-state index contributed by atoms with van der Waals surface area (Å²) < 4.78 is 10.6. The van der Waals surface area contributed by atoms with Gasteiger partial charge in [0.2, 0.25) is 11.7 Å². The van der Waals surface area contributed by atoms with E-state index in [2.05, 4.69) is 22.4 Å². The number of hydrogen-bond acceptors (Lipinski definition) is 5. The molecule has 5 nitrogen and oxygen atoms in total. The molecule has 1 rings (SSSR count). The number of rotatable bonds is 7. The van der Waals surface area contributed by atoms with Crippen LogP contribution < -0.4 is 5.32 Å². The average Bonchev–Trinajstić information content (AvgIpc) is 2.77. The number of ether oxygens (including phenoxy) is 1. The Morgan fingerprint density at radius 1 is 1.47 bits per heavy atom. The van der Waals surface area contributed by atoms with E-state index in [1.807, 2.05) is 20.9 Å². The molecule has 0 aromatic carbocycles. The summed E-state index contributed by atoms with van der Waals surface area (Å²) in [5.41, 5.74) is -0.498. The van der Waals surface area contributed by atoms with Gasteiger partial charge in [-0.15, -0.1) is 0 Å². The van der Waals surface area contributed by atoms with E-state index in [0.29, 0.717) is 17.8 Å². The molecule has 0 radical (unpaired) electrons. The zero-order valence-electron chi connectivity index (χ0n) is 11.4. The molecule has 0 amide bonds. The summed E-state index contributed by atoms with van der Waals surface area (Å²) in [7, 11) is 3.60. The Hall–Kier alpha value is -0.940. The fourth-order valence-corrected chi connectivity index (χ4v) is 1.58. The van der Waals surface area contributed by atoms with E-state index >= 15 is 0 Å². The van der Waals surface area contributed by atoms with Gasteiger partial charge in [0.1, 0.15) is 5.60 Å². The van der Waals surface area contributed by atoms with Gasteiger partial charge in [-0.2, -0.15) is 4.98 Å². The molecule has 0 aliphatic rings. The highest BCUT2D eigenvalue weighted by molar-refractivity contribution is 4.98. The molecule has 0 bridgehead atoms. The minimum atomic E-state index is -0.498. The van der Waals surface area contributed by atoms with E-state index < -0.39 is 5.60 Å². The third-order valence-corrected chi connectivity index (χ3v) is 2.98. The van der Waals surface area contributed by atoms with Crippen LogP contribution in [-0.2, 0) is 16.8 Å². The van der Waals surface area contributed by atoms with E-state index in [0.717, 1.165) is 19.3 Å². The van der Waals surface area contributed by atoms with Gasteiger partial charge in [-0.25, -0.2) is 0 Å². The summed E-state index contributed by atoms with van der Waals surface area (Å²) in [4.78, 5) is 4.38. The summed E-state index contributed by atoms with van der Waals surface area (Å²) in [6.45, 7) is 6.00. The van der Waals surface area contributed by atoms with Crippen molar-refractivity contribution < 1.29 is 9.26 Å². The lowest BCUT2D eigenvalue weighted by Gasteiger charge is -2.17. The lowest BCUT2D eigenvalue weighted by atomic mass is 10.1. The van der Waals surface area contributed by atoms with Crippen molar-refractivity contribution in [2.45, 2.75) is 51.7 Å². The number of aromatic nitrogens is 2. The van der Waals surface area contributed by atoms with Crippen LogP contribution >= 0.6 is 0 Å². The van der Waals surface area contributed by atoms with Crippen LogP contribution in [0.15, 0.2) is 4.52 Å². The molecule has 0 spiro atoms. The third kappa shape index (κ3) is 3.78. The Bertz CT molecular complexity index is 336. The molecule has 17 heavy (non-hydrogen) atoms. The van der Waals surface area contributed by atoms with Crippen molar-refractivity contribution in [3.05, 3.63) is 11.7 Å². The highest BCUT2D eigenvalue weighted by Gasteiger charge is 2.26. The molecule has 1 aromatic rings. The van der Waals surface area contributed by atoms with Crippen molar-refractivity contribution in [3.8, 4) is 0 Å². The van der Waals surface area contributed by atoms with Crippen molar-refractivity contribution in [1.29, 1.82) is 0 Å². The Morgan fingerprint density at radius 3 is 2.71 bits per heavy atom. The maximum atomic E-state index is 5.32. The molecule has 0 saturated carbocycles. The van der Waals surface area contributed by atoms with Crippen LogP contribution in [-0.4, -0.2) is 30.3 Å². The maximum absolute atomic E-state index is 5.32. The number of likely N-dealkylation sites (N-methyl/N-ethyl adjacent to an activating group) is 1. The third-order valence-electron chi connectivity index (χ3n) is 2.98. The van der Waals surface area contributed by atoms with Gasteiger partial charge in [0.05, 0.1) is 0 Å². The SMILES string of the molecule is CCCC(Cc1nc(C(C)(C)OC)no1)NC. The van der Waals surface area contributed by atoms with Gasteiger partial charge in [0.25, 0.3) is 0 Å². The first-order valence-corrected chi connectivity index (χ1v) is 6.09. The quantitative estimate of drug-likeness (QED) is 0.789. The molecular formula is C12H23N3O2. The number of nitrogens with one attached hydrogen (secondary N) is 1. The van der Waals surface area contributed by atoms with Crippen LogP contribution in [0.3, 0.4) is 0 Å². The second kappa shape index (κ2) is 6.12. The molecule has 1 aromatic heterocycles. The van der Waals surface area contributed by atoms with E-state index in [1.54, 1.807) is 7.11 Å². The predicted octanol–water partition coefficient (Wildman–Crippen LogP) is 1.88. The van der Waals surface area contributed by atoms with Gasteiger partial charge < -0.3 is 14.6 Å². The van der Waals surface area contributed by atoms with Gasteiger partial charge in [-0.1, -0.05) is 18.5 Å². The highest BCUT2D eigenvalue weighted by atomic mass is 16.5. The number of methoxy groups -OCH3 is 1. The standard InChI is InChI=1S/C12H23N3O2/c1-6-7-9(13-4)8-10-14-11(15-17-10)12(2,3)16-5/h9,13H,6-8H2,1-5H3.